The molecule has 8 aromatic rings. The minimum Gasteiger partial charge on any atom is -0.507 e. The second-order valence-corrected chi connectivity index (χ2v) is 13.0. The fourth-order valence-electron chi connectivity index (χ4n) is 6.68. The third-order valence-electron chi connectivity index (χ3n) is 9.38. The van der Waals surface area contributed by atoms with Crippen molar-refractivity contribution >= 4 is 57.9 Å². The lowest BCUT2D eigenvalue weighted by Crippen LogP contribution is -2.10. The number of anilines is 6. The molecule has 6 heteroatoms. The highest BCUT2D eigenvalue weighted by molar-refractivity contribution is 5.94. The molecule has 6 nitrogen and oxygen atoms in total. The second kappa shape index (κ2) is 16.5. The molecule has 0 aliphatic heterocycles. The number of aromatic hydroxyl groups is 2. The number of phenolic OH excluding ortho intramolecular Hbond substituents is 2. The Kier molecular flexibility index (Phi) is 10.4. The predicted molar refractivity (Wildman–Crippen MR) is 232 cm³/mol. The highest BCUT2D eigenvalue weighted by Gasteiger charge is 2.16. The van der Waals surface area contributed by atoms with Gasteiger partial charge in [-0.2, -0.15) is 0 Å². The molecule has 0 heterocycles. The Morgan fingerprint density at radius 1 is 0.321 bits per heavy atom. The minimum atomic E-state index is 0.126. The van der Waals surface area contributed by atoms with E-state index in [1.807, 2.05) is 146 Å². The quantitative estimate of drug-likeness (QED) is 0.130. The van der Waals surface area contributed by atoms with E-state index in [1.165, 1.54) is 0 Å². The van der Waals surface area contributed by atoms with E-state index in [0.29, 0.717) is 22.5 Å². The first-order valence-corrected chi connectivity index (χ1v) is 18.4. The summed E-state index contributed by atoms with van der Waals surface area (Å²) in [5.41, 5.74) is 10.1. The van der Waals surface area contributed by atoms with Gasteiger partial charge in [0, 0.05) is 68.8 Å². The maximum Gasteiger partial charge on any atom is 0.124 e. The van der Waals surface area contributed by atoms with Crippen LogP contribution in [0.5, 0.6) is 11.5 Å². The first-order valence-electron chi connectivity index (χ1n) is 18.4. The van der Waals surface area contributed by atoms with Gasteiger partial charge in [-0.3, -0.25) is 9.98 Å². The number of hydrogen-bond acceptors (Lipinski definition) is 6. The van der Waals surface area contributed by atoms with Crippen LogP contribution in [0.15, 0.2) is 216 Å². The lowest BCUT2D eigenvalue weighted by molar-refractivity contribution is 0.474. The first kappa shape index (κ1) is 35.3. The predicted octanol–water partition coefficient (Wildman–Crippen LogP) is 13.2. The van der Waals surface area contributed by atoms with E-state index in [2.05, 4.69) is 58.3 Å². The lowest BCUT2D eigenvalue weighted by Gasteiger charge is -2.25. The van der Waals surface area contributed by atoms with Gasteiger partial charge in [0.25, 0.3) is 0 Å². The Labute approximate surface area is 326 Å². The minimum absolute atomic E-state index is 0.126. The number of rotatable bonds is 11. The molecule has 56 heavy (non-hydrogen) atoms. The van der Waals surface area contributed by atoms with Gasteiger partial charge in [0.1, 0.15) is 11.5 Å². The number of hydrogen-bond donors (Lipinski definition) is 2. The summed E-state index contributed by atoms with van der Waals surface area (Å²) in [5, 5.41) is 22.0. The van der Waals surface area contributed by atoms with E-state index in [1.54, 1.807) is 24.6 Å². The van der Waals surface area contributed by atoms with Crippen molar-refractivity contribution < 1.29 is 10.2 Å². The summed E-state index contributed by atoms with van der Waals surface area (Å²) in [7, 11) is 0. The van der Waals surface area contributed by atoms with Crippen molar-refractivity contribution in [2.45, 2.75) is 0 Å². The Balaban J connectivity index is 1.12. The van der Waals surface area contributed by atoms with Crippen molar-refractivity contribution in [1.29, 1.82) is 0 Å². The Morgan fingerprint density at radius 2 is 0.625 bits per heavy atom. The van der Waals surface area contributed by atoms with Crippen molar-refractivity contribution in [2.24, 2.45) is 9.98 Å². The third-order valence-corrected chi connectivity index (χ3v) is 9.38. The van der Waals surface area contributed by atoms with Gasteiger partial charge < -0.3 is 20.0 Å². The van der Waals surface area contributed by atoms with Crippen molar-refractivity contribution in [2.75, 3.05) is 9.80 Å². The van der Waals surface area contributed by atoms with E-state index in [9.17, 15) is 10.2 Å². The van der Waals surface area contributed by atoms with E-state index < -0.39 is 0 Å². The molecule has 0 aromatic heterocycles. The van der Waals surface area contributed by atoms with Gasteiger partial charge in [-0.05, 0) is 97.1 Å². The number of benzene rings is 8. The Hall–Kier alpha value is -7.70. The highest BCUT2D eigenvalue weighted by atomic mass is 16.3. The van der Waals surface area contributed by atoms with Crippen LogP contribution in [0.4, 0.5) is 45.5 Å². The van der Waals surface area contributed by atoms with Gasteiger partial charge in [0.05, 0.1) is 11.4 Å². The fourth-order valence-corrected chi connectivity index (χ4v) is 6.68. The van der Waals surface area contributed by atoms with Gasteiger partial charge in [-0.25, -0.2) is 0 Å². The van der Waals surface area contributed by atoms with Crippen LogP contribution >= 0.6 is 0 Å². The molecule has 0 bridgehead atoms. The van der Waals surface area contributed by atoms with Crippen LogP contribution in [0.2, 0.25) is 0 Å². The average Bonchev–Trinajstić information content (AvgIpc) is 3.26. The summed E-state index contributed by atoms with van der Waals surface area (Å²) < 4.78 is 0. The van der Waals surface area contributed by atoms with Crippen molar-refractivity contribution in [3.8, 4) is 22.6 Å². The largest absolute Gasteiger partial charge is 0.507 e. The molecule has 0 radical (unpaired) electrons. The fraction of sp³-hybridized carbons (Fsp3) is 0. The zero-order valence-corrected chi connectivity index (χ0v) is 30.5. The molecular formula is C50H38N4O2. The molecule has 0 aliphatic rings. The van der Waals surface area contributed by atoms with Gasteiger partial charge in [0.2, 0.25) is 0 Å². The summed E-state index contributed by atoms with van der Waals surface area (Å²) in [4.78, 5) is 14.1. The van der Waals surface area contributed by atoms with Gasteiger partial charge >= 0.3 is 0 Å². The lowest BCUT2D eigenvalue weighted by atomic mass is 10.0. The summed E-state index contributed by atoms with van der Waals surface area (Å²) in [6.45, 7) is 0. The SMILES string of the molecule is Oc1ccc(N(c2ccccc2)c2ccccc2)cc1C=Nc1ccccc1-c1ccccc1N=Cc1cc(N(c2ccccc2)c2ccccc2)ccc1O. The van der Waals surface area contributed by atoms with E-state index >= 15 is 0 Å². The van der Waals surface area contributed by atoms with Crippen LogP contribution in [0.25, 0.3) is 11.1 Å². The zero-order chi connectivity index (χ0) is 38.1. The molecule has 0 aliphatic carbocycles. The zero-order valence-electron chi connectivity index (χ0n) is 30.5. The monoisotopic (exact) mass is 726 g/mol. The van der Waals surface area contributed by atoms with Crippen molar-refractivity contribution in [3.63, 3.8) is 0 Å². The molecule has 270 valence electrons. The standard InChI is InChI=1S/C50H38N4O2/c55-49-31-29-43(53(39-17-5-1-6-18-39)40-19-7-2-8-20-40)33-37(49)35-51-47-27-15-13-25-45(47)46-26-14-16-28-48(46)52-36-38-34-44(30-32-50(38)56)54(41-21-9-3-10-22-41)42-23-11-4-12-24-42/h1-36,55-56H. The number of aliphatic imine (C=N–C) groups is 2. The van der Waals surface area contributed by atoms with Gasteiger partial charge in [0.15, 0.2) is 0 Å². The number of phenols is 2. The molecular weight excluding hydrogens is 689 g/mol. The van der Waals surface area contributed by atoms with Crippen LogP contribution in [0.1, 0.15) is 11.1 Å². The maximum absolute atomic E-state index is 11.0. The normalized spacial score (nSPS) is 11.2. The summed E-state index contributed by atoms with van der Waals surface area (Å²) in [5.74, 6) is 0.252. The molecule has 0 saturated heterocycles. The molecule has 8 aromatic carbocycles. The van der Waals surface area contributed by atoms with Crippen LogP contribution in [0, 0.1) is 0 Å². The van der Waals surface area contributed by atoms with Crippen LogP contribution < -0.4 is 9.80 Å². The van der Waals surface area contributed by atoms with E-state index in [0.717, 1.165) is 45.3 Å². The smallest absolute Gasteiger partial charge is 0.124 e. The molecule has 0 atom stereocenters. The van der Waals surface area contributed by atoms with Gasteiger partial charge in [-0.1, -0.05) is 109 Å². The molecule has 0 amide bonds. The Morgan fingerprint density at radius 3 is 0.964 bits per heavy atom. The highest BCUT2D eigenvalue weighted by Crippen LogP contribution is 2.40. The van der Waals surface area contributed by atoms with Crippen LogP contribution in [0.3, 0.4) is 0 Å². The van der Waals surface area contributed by atoms with Crippen LogP contribution in [-0.4, -0.2) is 22.6 Å². The van der Waals surface area contributed by atoms with Crippen molar-refractivity contribution in [1.82, 2.24) is 0 Å². The molecule has 0 saturated carbocycles. The van der Waals surface area contributed by atoms with E-state index in [-0.39, 0.29) is 11.5 Å². The molecule has 0 fully saturated rings. The molecule has 8 rings (SSSR count). The topological polar surface area (TPSA) is 71.7 Å². The van der Waals surface area contributed by atoms with Crippen molar-refractivity contribution in [3.05, 3.63) is 217 Å². The average molecular weight is 727 g/mol. The number of nitrogens with zero attached hydrogens (tertiary/aromatic N) is 4. The summed E-state index contributed by atoms with van der Waals surface area (Å²) >= 11 is 0. The number of para-hydroxylation sites is 6. The molecule has 0 unspecified atom stereocenters. The summed E-state index contributed by atoms with van der Waals surface area (Å²) in [6, 6.07) is 67.4. The second-order valence-electron chi connectivity index (χ2n) is 13.0. The van der Waals surface area contributed by atoms with E-state index in [4.69, 9.17) is 9.98 Å². The maximum atomic E-state index is 11.0. The molecule has 2 N–H and O–H groups in total. The van der Waals surface area contributed by atoms with Gasteiger partial charge in [-0.15, -0.1) is 0 Å². The first-order chi connectivity index (χ1) is 27.6. The van der Waals surface area contributed by atoms with Crippen LogP contribution in [-0.2, 0) is 0 Å². The third kappa shape index (κ3) is 7.81. The Bertz CT molecular complexity index is 2350. The molecule has 0 spiro atoms. The summed E-state index contributed by atoms with van der Waals surface area (Å²) in [6.07, 6.45) is 3.40.